The van der Waals surface area contributed by atoms with Gasteiger partial charge in [0, 0.05) is 31.5 Å². The quantitative estimate of drug-likeness (QED) is 0.922. The highest BCUT2D eigenvalue weighted by Gasteiger charge is 2.16. The van der Waals surface area contributed by atoms with E-state index in [0.717, 1.165) is 11.8 Å². The summed E-state index contributed by atoms with van der Waals surface area (Å²) < 4.78 is 13.1. The third kappa shape index (κ3) is 4.80. The van der Waals surface area contributed by atoms with Gasteiger partial charge in [0.05, 0.1) is 18.1 Å². The van der Waals surface area contributed by atoms with E-state index in [1.54, 1.807) is 17.3 Å². The number of amides is 2. The molecule has 6 heteroatoms. The number of hydrogen-bond acceptors (Lipinski definition) is 3. The molecular weight excluding hydrogens is 283 g/mol. The van der Waals surface area contributed by atoms with Gasteiger partial charge in [-0.15, -0.1) is 0 Å². The van der Waals surface area contributed by atoms with E-state index >= 15 is 0 Å². The lowest BCUT2D eigenvalue weighted by Crippen LogP contribution is -2.37. The van der Waals surface area contributed by atoms with Crippen molar-refractivity contribution in [1.82, 2.24) is 14.9 Å². The van der Waals surface area contributed by atoms with Gasteiger partial charge in [0.2, 0.25) is 0 Å². The van der Waals surface area contributed by atoms with Gasteiger partial charge in [-0.1, -0.05) is 13.8 Å². The lowest BCUT2D eigenvalue weighted by Gasteiger charge is -2.25. The van der Waals surface area contributed by atoms with Crippen LogP contribution in [0.4, 0.5) is 14.9 Å². The number of carbonyl (C=O) groups excluding carboxylic acids is 1. The summed E-state index contributed by atoms with van der Waals surface area (Å²) in [5.74, 6) is -0.166. The molecule has 0 saturated carbocycles. The van der Waals surface area contributed by atoms with Crippen LogP contribution in [0.2, 0.25) is 0 Å². The maximum absolute atomic E-state index is 13.1. The molecule has 0 spiro atoms. The minimum atomic E-state index is -0.484. The number of urea groups is 1. The first-order chi connectivity index (χ1) is 10.5. The van der Waals surface area contributed by atoms with Gasteiger partial charge >= 0.3 is 6.03 Å². The van der Waals surface area contributed by atoms with Crippen molar-refractivity contribution in [3.05, 3.63) is 54.4 Å². The smallest absolute Gasteiger partial charge is 0.320 e. The first-order valence-electron chi connectivity index (χ1n) is 7.10. The average molecular weight is 302 g/mol. The molecule has 0 saturated heterocycles. The second-order valence-electron chi connectivity index (χ2n) is 5.45. The fourth-order valence-electron chi connectivity index (χ4n) is 2.05. The third-order valence-electron chi connectivity index (χ3n) is 2.95. The van der Waals surface area contributed by atoms with Crippen LogP contribution in [0.3, 0.4) is 0 Å². The Morgan fingerprint density at radius 2 is 2.00 bits per heavy atom. The molecule has 0 aliphatic carbocycles. The van der Waals surface area contributed by atoms with Crippen LogP contribution in [0.1, 0.15) is 19.4 Å². The zero-order valence-electron chi connectivity index (χ0n) is 12.7. The number of nitrogens with one attached hydrogen (secondary N) is 1. The molecule has 0 fully saturated rings. The number of hydrogen-bond donors (Lipinski definition) is 1. The molecule has 0 atom stereocenters. The van der Waals surface area contributed by atoms with Gasteiger partial charge in [-0.2, -0.15) is 0 Å². The zero-order chi connectivity index (χ0) is 15.9. The van der Waals surface area contributed by atoms with Crippen molar-refractivity contribution in [2.24, 2.45) is 5.92 Å². The van der Waals surface area contributed by atoms with Crippen molar-refractivity contribution in [2.75, 3.05) is 11.9 Å². The zero-order valence-corrected chi connectivity index (χ0v) is 12.7. The van der Waals surface area contributed by atoms with Crippen molar-refractivity contribution in [3.63, 3.8) is 0 Å². The fourth-order valence-corrected chi connectivity index (χ4v) is 2.05. The van der Waals surface area contributed by atoms with E-state index in [1.807, 2.05) is 26.0 Å². The van der Waals surface area contributed by atoms with Crippen LogP contribution in [0.5, 0.6) is 0 Å². The average Bonchev–Trinajstić information content (AvgIpc) is 2.47. The lowest BCUT2D eigenvalue weighted by atomic mass is 10.2. The Balaban J connectivity index is 2.09. The molecule has 0 aliphatic heterocycles. The number of halogens is 1. The number of carbonyl (C=O) groups is 1. The van der Waals surface area contributed by atoms with E-state index in [9.17, 15) is 9.18 Å². The summed E-state index contributed by atoms with van der Waals surface area (Å²) >= 11 is 0. The molecule has 0 aromatic carbocycles. The van der Waals surface area contributed by atoms with Crippen molar-refractivity contribution in [1.29, 1.82) is 0 Å². The second-order valence-corrected chi connectivity index (χ2v) is 5.45. The molecular formula is C16H19FN4O. The molecule has 2 aromatic heterocycles. The SMILES string of the molecule is CC(C)CN(Cc1ccncc1)C(=O)Nc1cncc(F)c1. The Bertz CT molecular complexity index is 619. The highest BCUT2D eigenvalue weighted by atomic mass is 19.1. The van der Waals surface area contributed by atoms with Crippen LogP contribution in [0.25, 0.3) is 0 Å². The van der Waals surface area contributed by atoms with Crippen LogP contribution in [0.15, 0.2) is 43.0 Å². The topological polar surface area (TPSA) is 58.1 Å². The van der Waals surface area contributed by atoms with Crippen LogP contribution in [-0.4, -0.2) is 27.4 Å². The highest BCUT2D eigenvalue weighted by Crippen LogP contribution is 2.12. The number of anilines is 1. The van der Waals surface area contributed by atoms with Gasteiger partial charge in [-0.3, -0.25) is 9.97 Å². The van der Waals surface area contributed by atoms with E-state index in [4.69, 9.17) is 0 Å². The molecule has 2 aromatic rings. The van der Waals surface area contributed by atoms with Crippen LogP contribution in [0, 0.1) is 11.7 Å². The molecule has 0 unspecified atom stereocenters. The van der Waals surface area contributed by atoms with Crippen LogP contribution in [-0.2, 0) is 6.54 Å². The third-order valence-corrected chi connectivity index (χ3v) is 2.95. The first-order valence-corrected chi connectivity index (χ1v) is 7.10. The van der Waals surface area contributed by atoms with Gasteiger partial charge in [-0.25, -0.2) is 9.18 Å². The van der Waals surface area contributed by atoms with E-state index in [1.165, 1.54) is 12.3 Å². The summed E-state index contributed by atoms with van der Waals surface area (Å²) in [6.45, 7) is 5.14. The summed E-state index contributed by atoms with van der Waals surface area (Å²) in [5, 5.41) is 2.68. The molecule has 2 amide bonds. The summed E-state index contributed by atoms with van der Waals surface area (Å²) in [7, 11) is 0. The van der Waals surface area contributed by atoms with E-state index in [2.05, 4.69) is 15.3 Å². The Labute approximate surface area is 129 Å². The largest absolute Gasteiger partial charge is 0.322 e. The standard InChI is InChI=1S/C16H19FN4O/c1-12(2)10-21(11-13-3-5-18-6-4-13)16(22)20-15-7-14(17)8-19-9-15/h3-9,12H,10-11H2,1-2H3,(H,20,22). The maximum atomic E-state index is 13.1. The number of rotatable bonds is 5. The Morgan fingerprint density at radius 1 is 1.27 bits per heavy atom. The second kappa shape index (κ2) is 7.49. The van der Waals surface area contributed by atoms with Crippen LogP contribution < -0.4 is 5.32 Å². The fraction of sp³-hybridized carbons (Fsp3) is 0.312. The van der Waals surface area contributed by atoms with Gasteiger partial charge < -0.3 is 10.2 Å². The minimum Gasteiger partial charge on any atom is -0.320 e. The maximum Gasteiger partial charge on any atom is 0.322 e. The molecule has 0 aliphatic rings. The van der Waals surface area contributed by atoms with E-state index in [0.29, 0.717) is 24.7 Å². The van der Waals surface area contributed by atoms with Crippen molar-refractivity contribution < 1.29 is 9.18 Å². The Hall–Kier alpha value is -2.50. The van der Waals surface area contributed by atoms with Gasteiger partial charge in [0.1, 0.15) is 5.82 Å². The van der Waals surface area contributed by atoms with E-state index in [-0.39, 0.29) is 6.03 Å². The highest BCUT2D eigenvalue weighted by molar-refractivity contribution is 5.89. The molecule has 116 valence electrons. The normalized spacial score (nSPS) is 10.5. The van der Waals surface area contributed by atoms with Crippen molar-refractivity contribution >= 4 is 11.7 Å². The van der Waals surface area contributed by atoms with E-state index < -0.39 is 5.82 Å². The summed E-state index contributed by atoms with van der Waals surface area (Å²) in [6, 6.07) is 4.69. The van der Waals surface area contributed by atoms with Crippen LogP contribution >= 0.6 is 0 Å². The predicted octanol–water partition coefficient (Wildman–Crippen LogP) is 3.31. The Kier molecular flexibility index (Phi) is 5.41. The molecule has 0 bridgehead atoms. The Morgan fingerprint density at radius 3 is 2.64 bits per heavy atom. The molecule has 0 radical (unpaired) electrons. The first kappa shape index (κ1) is 15.9. The summed E-state index contributed by atoms with van der Waals surface area (Å²) in [6.07, 6.45) is 5.90. The molecule has 2 rings (SSSR count). The van der Waals surface area contributed by atoms with Crippen molar-refractivity contribution in [2.45, 2.75) is 20.4 Å². The van der Waals surface area contributed by atoms with Crippen molar-refractivity contribution in [3.8, 4) is 0 Å². The molecule has 5 nitrogen and oxygen atoms in total. The number of pyridine rings is 2. The van der Waals surface area contributed by atoms with Gasteiger partial charge in [0.25, 0.3) is 0 Å². The minimum absolute atomic E-state index is 0.280. The molecule has 2 heterocycles. The monoisotopic (exact) mass is 302 g/mol. The molecule has 22 heavy (non-hydrogen) atoms. The van der Waals surface area contributed by atoms with Gasteiger partial charge in [0.15, 0.2) is 0 Å². The number of nitrogens with zero attached hydrogens (tertiary/aromatic N) is 3. The van der Waals surface area contributed by atoms with Gasteiger partial charge in [-0.05, 0) is 23.6 Å². The summed E-state index contributed by atoms with van der Waals surface area (Å²) in [5.41, 5.74) is 1.33. The lowest BCUT2D eigenvalue weighted by molar-refractivity contribution is 0.201. The summed E-state index contributed by atoms with van der Waals surface area (Å²) in [4.78, 5) is 21.8. The number of aromatic nitrogens is 2. The predicted molar refractivity (Wildman–Crippen MR) is 82.7 cm³/mol. The molecule has 1 N–H and O–H groups in total.